The summed E-state index contributed by atoms with van der Waals surface area (Å²) >= 11 is 7.54. The maximum atomic E-state index is 13.8. The molecule has 160 valence electrons. The van der Waals surface area contributed by atoms with Crippen LogP contribution >= 0.6 is 23.4 Å². The Morgan fingerprint density at radius 3 is 2.66 bits per heavy atom. The molecule has 0 aliphatic carbocycles. The molecule has 5 nitrogen and oxygen atoms in total. The van der Waals surface area contributed by atoms with Gasteiger partial charge in [-0.05, 0) is 48.4 Å². The highest BCUT2D eigenvalue weighted by molar-refractivity contribution is 7.98. The van der Waals surface area contributed by atoms with Crippen molar-refractivity contribution in [2.24, 2.45) is 0 Å². The van der Waals surface area contributed by atoms with E-state index in [9.17, 15) is 4.79 Å². The Bertz CT molecular complexity index is 1510. The van der Waals surface area contributed by atoms with Crippen LogP contribution in [-0.2, 0) is 5.75 Å². The third-order valence-electron chi connectivity index (χ3n) is 5.35. The van der Waals surface area contributed by atoms with E-state index in [-0.39, 0.29) is 5.56 Å². The van der Waals surface area contributed by atoms with Crippen LogP contribution in [0.1, 0.15) is 11.1 Å². The molecule has 5 aromatic rings. The highest BCUT2D eigenvalue weighted by Crippen LogP contribution is 2.31. The highest BCUT2D eigenvalue weighted by atomic mass is 35.5. The van der Waals surface area contributed by atoms with Gasteiger partial charge in [-0.15, -0.1) is 0 Å². The minimum atomic E-state index is -0.159. The first-order valence-electron chi connectivity index (χ1n) is 10.1. The number of aromatic amines is 1. The Morgan fingerprint density at radius 2 is 1.88 bits per heavy atom. The molecule has 0 aliphatic rings. The summed E-state index contributed by atoms with van der Waals surface area (Å²) in [7, 11) is 1.61. The summed E-state index contributed by atoms with van der Waals surface area (Å²) < 4.78 is 7.23. The number of ether oxygens (including phenoxy) is 1. The summed E-state index contributed by atoms with van der Waals surface area (Å²) in [5, 5.41) is 2.22. The van der Waals surface area contributed by atoms with Gasteiger partial charge in [-0.1, -0.05) is 59.8 Å². The zero-order valence-electron chi connectivity index (χ0n) is 17.6. The molecule has 5 rings (SSSR count). The fourth-order valence-corrected chi connectivity index (χ4v) is 4.84. The number of hydrogen-bond donors (Lipinski definition) is 1. The number of thioether (sulfide) groups is 1. The van der Waals surface area contributed by atoms with E-state index in [1.807, 2.05) is 73.7 Å². The first-order chi connectivity index (χ1) is 15.5. The second-order valence-corrected chi connectivity index (χ2v) is 8.90. The zero-order chi connectivity index (χ0) is 22.2. The summed E-state index contributed by atoms with van der Waals surface area (Å²) in [4.78, 5) is 22.0. The maximum Gasteiger partial charge on any atom is 0.283 e. The summed E-state index contributed by atoms with van der Waals surface area (Å²) in [5.74, 6) is 1.26. The monoisotopic (exact) mass is 461 g/mol. The third-order valence-corrected chi connectivity index (χ3v) is 6.61. The molecule has 0 aliphatic heterocycles. The van der Waals surface area contributed by atoms with Gasteiger partial charge in [-0.2, -0.15) is 0 Å². The number of rotatable bonds is 5. The molecule has 0 bridgehead atoms. The highest BCUT2D eigenvalue weighted by Gasteiger charge is 2.19. The van der Waals surface area contributed by atoms with Gasteiger partial charge in [0.1, 0.15) is 16.8 Å². The van der Waals surface area contributed by atoms with E-state index >= 15 is 0 Å². The van der Waals surface area contributed by atoms with Crippen LogP contribution in [0.3, 0.4) is 0 Å². The lowest BCUT2D eigenvalue weighted by Crippen LogP contribution is -2.22. The third kappa shape index (κ3) is 3.66. The largest absolute Gasteiger partial charge is 0.495 e. The average Bonchev–Trinajstić information content (AvgIpc) is 3.18. The van der Waals surface area contributed by atoms with Crippen LogP contribution in [0, 0.1) is 6.92 Å². The minimum absolute atomic E-state index is 0.159. The SMILES string of the molecule is COc1ccc(C)cc1-n1c(SCc2ccc(Cl)cc2)nc2c([nH]c3ccccc32)c1=O. The van der Waals surface area contributed by atoms with E-state index in [1.54, 1.807) is 11.7 Å². The maximum absolute atomic E-state index is 13.8. The number of fused-ring (bicyclic) bond motifs is 3. The van der Waals surface area contributed by atoms with Crippen LogP contribution < -0.4 is 10.3 Å². The fourth-order valence-electron chi connectivity index (χ4n) is 3.75. The van der Waals surface area contributed by atoms with Gasteiger partial charge in [0.05, 0.1) is 12.8 Å². The van der Waals surface area contributed by atoms with E-state index in [0.29, 0.717) is 38.4 Å². The predicted octanol–water partition coefficient (Wildman–Crippen LogP) is 6.13. The van der Waals surface area contributed by atoms with Crippen molar-refractivity contribution in [2.45, 2.75) is 17.8 Å². The second kappa shape index (κ2) is 8.37. The lowest BCUT2D eigenvalue weighted by molar-refractivity contribution is 0.411. The number of hydrogen-bond acceptors (Lipinski definition) is 4. The van der Waals surface area contributed by atoms with Gasteiger partial charge in [0.15, 0.2) is 5.16 Å². The van der Waals surface area contributed by atoms with Crippen molar-refractivity contribution >= 4 is 45.3 Å². The Labute approximate surface area is 194 Å². The van der Waals surface area contributed by atoms with E-state index < -0.39 is 0 Å². The van der Waals surface area contributed by atoms with Gasteiger partial charge in [0.25, 0.3) is 5.56 Å². The molecule has 0 spiro atoms. The predicted molar refractivity (Wildman–Crippen MR) is 131 cm³/mol. The van der Waals surface area contributed by atoms with Crippen molar-refractivity contribution in [2.75, 3.05) is 7.11 Å². The topological polar surface area (TPSA) is 59.9 Å². The molecule has 0 saturated heterocycles. The number of H-pyrrole nitrogens is 1. The van der Waals surface area contributed by atoms with E-state index in [2.05, 4.69) is 4.98 Å². The number of para-hydroxylation sites is 1. The van der Waals surface area contributed by atoms with E-state index in [0.717, 1.165) is 22.0 Å². The summed E-state index contributed by atoms with van der Waals surface area (Å²) in [6, 6.07) is 21.3. The smallest absolute Gasteiger partial charge is 0.283 e. The molecule has 2 heterocycles. The van der Waals surface area contributed by atoms with Crippen LogP contribution in [-0.4, -0.2) is 21.6 Å². The molecule has 0 fully saturated rings. The standard InChI is InChI=1S/C25H20ClN3O2S/c1-15-7-12-21(31-2)20(13-15)29-24(30)23-22(18-5-3-4-6-19(18)27-23)28-25(29)32-14-16-8-10-17(26)11-9-16/h3-13,27H,14H2,1-2H3. The molecule has 2 aromatic heterocycles. The first-order valence-corrected chi connectivity index (χ1v) is 11.5. The number of aromatic nitrogens is 3. The second-order valence-electron chi connectivity index (χ2n) is 7.52. The van der Waals surface area contributed by atoms with Crippen LogP contribution in [0.5, 0.6) is 5.75 Å². The molecule has 0 saturated carbocycles. The van der Waals surface area contributed by atoms with E-state index in [4.69, 9.17) is 21.3 Å². The van der Waals surface area contributed by atoms with Gasteiger partial charge in [0, 0.05) is 21.7 Å². The number of nitrogens with zero attached hydrogens (tertiary/aromatic N) is 2. The van der Waals surface area contributed by atoms with Gasteiger partial charge in [-0.3, -0.25) is 4.79 Å². The van der Waals surface area contributed by atoms with Crippen molar-refractivity contribution in [3.63, 3.8) is 0 Å². The van der Waals surface area contributed by atoms with Gasteiger partial charge < -0.3 is 9.72 Å². The van der Waals surface area contributed by atoms with E-state index in [1.165, 1.54) is 11.8 Å². The number of nitrogens with one attached hydrogen (secondary N) is 1. The number of methoxy groups -OCH3 is 1. The van der Waals surface area contributed by atoms with Crippen molar-refractivity contribution < 1.29 is 4.74 Å². The molecule has 0 unspecified atom stereocenters. The Balaban J connectivity index is 1.74. The number of benzene rings is 3. The molecule has 32 heavy (non-hydrogen) atoms. The molecule has 7 heteroatoms. The minimum Gasteiger partial charge on any atom is -0.495 e. The van der Waals surface area contributed by atoms with Crippen molar-refractivity contribution in [1.82, 2.24) is 14.5 Å². The van der Waals surface area contributed by atoms with Crippen LogP contribution in [0.4, 0.5) is 0 Å². The average molecular weight is 462 g/mol. The first kappa shape index (κ1) is 20.7. The normalized spacial score (nSPS) is 11.3. The molecule has 0 atom stereocenters. The molecule has 0 radical (unpaired) electrons. The van der Waals surface area contributed by atoms with Crippen LogP contribution in [0.2, 0.25) is 5.02 Å². The van der Waals surface area contributed by atoms with Gasteiger partial charge >= 0.3 is 0 Å². The lowest BCUT2D eigenvalue weighted by Gasteiger charge is -2.16. The molecular formula is C25H20ClN3O2S. The Morgan fingerprint density at radius 1 is 1.09 bits per heavy atom. The summed E-state index contributed by atoms with van der Waals surface area (Å²) in [5.41, 5.74) is 4.67. The fraction of sp³-hybridized carbons (Fsp3) is 0.120. The Hall–Kier alpha value is -3.22. The zero-order valence-corrected chi connectivity index (χ0v) is 19.1. The number of aryl methyl sites for hydroxylation is 1. The molecule has 3 aromatic carbocycles. The summed E-state index contributed by atoms with van der Waals surface area (Å²) in [6.45, 7) is 1.99. The van der Waals surface area contributed by atoms with Crippen molar-refractivity contribution in [3.05, 3.63) is 93.2 Å². The van der Waals surface area contributed by atoms with Crippen LogP contribution in [0.25, 0.3) is 27.6 Å². The van der Waals surface area contributed by atoms with Gasteiger partial charge in [-0.25, -0.2) is 9.55 Å². The van der Waals surface area contributed by atoms with Crippen molar-refractivity contribution in [1.29, 1.82) is 0 Å². The molecular weight excluding hydrogens is 442 g/mol. The quantitative estimate of drug-likeness (QED) is 0.252. The Kier molecular flexibility index (Phi) is 5.41. The molecule has 1 N–H and O–H groups in total. The van der Waals surface area contributed by atoms with Gasteiger partial charge in [0.2, 0.25) is 0 Å². The number of halogens is 1. The van der Waals surface area contributed by atoms with Crippen LogP contribution in [0.15, 0.2) is 76.7 Å². The lowest BCUT2D eigenvalue weighted by atomic mass is 10.2. The molecule has 0 amide bonds. The summed E-state index contributed by atoms with van der Waals surface area (Å²) in [6.07, 6.45) is 0. The van der Waals surface area contributed by atoms with Crippen molar-refractivity contribution in [3.8, 4) is 11.4 Å².